The molecule has 0 aliphatic heterocycles. The Labute approximate surface area is 142 Å². The molecule has 4 N–H and O–H groups in total. The number of carbonyl (C=O) groups is 2. The van der Waals surface area contributed by atoms with Crippen LogP contribution in [0.15, 0.2) is 18.2 Å². The van der Waals surface area contributed by atoms with Crippen LogP contribution in [0.3, 0.4) is 0 Å². The van der Waals surface area contributed by atoms with E-state index >= 15 is 0 Å². The molecule has 0 atom stereocenters. The lowest BCUT2D eigenvalue weighted by atomic mass is 10.1. The first kappa shape index (κ1) is 17.8. The third kappa shape index (κ3) is 6.20. The first-order valence-corrected chi connectivity index (χ1v) is 8.58. The molecular formula is C17H24ClN3O2. The first-order valence-electron chi connectivity index (χ1n) is 8.20. The van der Waals surface area contributed by atoms with E-state index < -0.39 is 0 Å². The summed E-state index contributed by atoms with van der Waals surface area (Å²) in [5.41, 5.74) is 6.44. The standard InChI is InChI=1S/C17H24ClN3O2/c18-15-9-8-13(11-14(15)17(23)21-12-6-7-12)20-16(22)5-3-1-2-4-10-19/h8-9,11-12H,1-7,10,19H2,(H,20,22)(H,21,23). The highest BCUT2D eigenvalue weighted by Gasteiger charge is 2.24. The van der Waals surface area contributed by atoms with E-state index in [4.69, 9.17) is 17.3 Å². The topological polar surface area (TPSA) is 84.2 Å². The van der Waals surface area contributed by atoms with E-state index in [1.807, 2.05) is 0 Å². The van der Waals surface area contributed by atoms with Gasteiger partial charge >= 0.3 is 0 Å². The van der Waals surface area contributed by atoms with Crippen molar-refractivity contribution < 1.29 is 9.59 Å². The Morgan fingerprint density at radius 1 is 1.17 bits per heavy atom. The van der Waals surface area contributed by atoms with Crippen molar-refractivity contribution in [2.75, 3.05) is 11.9 Å². The molecule has 1 fully saturated rings. The predicted molar refractivity (Wildman–Crippen MR) is 92.7 cm³/mol. The lowest BCUT2D eigenvalue weighted by Crippen LogP contribution is -2.25. The normalized spacial score (nSPS) is 13.7. The molecule has 0 saturated heterocycles. The fourth-order valence-electron chi connectivity index (χ4n) is 2.27. The molecule has 0 unspecified atom stereocenters. The van der Waals surface area contributed by atoms with Gasteiger partial charge in [-0.1, -0.05) is 24.4 Å². The Morgan fingerprint density at radius 3 is 2.61 bits per heavy atom. The van der Waals surface area contributed by atoms with Crippen LogP contribution in [0.4, 0.5) is 5.69 Å². The molecular weight excluding hydrogens is 314 g/mol. The van der Waals surface area contributed by atoms with E-state index in [0.717, 1.165) is 38.5 Å². The molecule has 1 saturated carbocycles. The molecule has 2 rings (SSSR count). The summed E-state index contributed by atoms with van der Waals surface area (Å²) in [5, 5.41) is 6.11. The second-order valence-corrected chi connectivity index (χ2v) is 6.35. The zero-order chi connectivity index (χ0) is 16.7. The SMILES string of the molecule is NCCCCCCC(=O)Nc1ccc(Cl)c(C(=O)NC2CC2)c1. The maximum atomic E-state index is 12.1. The van der Waals surface area contributed by atoms with Crippen LogP contribution < -0.4 is 16.4 Å². The Balaban J connectivity index is 1.84. The van der Waals surface area contributed by atoms with Gasteiger partial charge in [0, 0.05) is 18.2 Å². The molecule has 0 radical (unpaired) electrons. The molecule has 1 aromatic rings. The number of amides is 2. The van der Waals surface area contributed by atoms with Gasteiger partial charge in [0.05, 0.1) is 10.6 Å². The molecule has 1 aromatic carbocycles. The molecule has 1 aliphatic carbocycles. The molecule has 0 bridgehead atoms. The minimum atomic E-state index is -0.185. The fraction of sp³-hybridized carbons (Fsp3) is 0.529. The Hall–Kier alpha value is -1.59. The van der Waals surface area contributed by atoms with Crippen LogP contribution in [0.1, 0.15) is 55.3 Å². The van der Waals surface area contributed by atoms with E-state index in [-0.39, 0.29) is 17.9 Å². The van der Waals surface area contributed by atoms with Crippen LogP contribution in [-0.2, 0) is 4.79 Å². The number of halogens is 1. The maximum absolute atomic E-state index is 12.1. The molecule has 5 nitrogen and oxygen atoms in total. The van der Waals surface area contributed by atoms with E-state index in [0.29, 0.717) is 29.2 Å². The average Bonchev–Trinajstić information content (AvgIpc) is 3.33. The van der Waals surface area contributed by atoms with Gasteiger partial charge in [0.25, 0.3) is 5.91 Å². The third-order valence-corrected chi connectivity index (χ3v) is 4.09. The quantitative estimate of drug-likeness (QED) is 0.605. The van der Waals surface area contributed by atoms with Crippen LogP contribution in [0.25, 0.3) is 0 Å². The van der Waals surface area contributed by atoms with Gasteiger partial charge in [0.1, 0.15) is 0 Å². The summed E-state index contributed by atoms with van der Waals surface area (Å²) in [4.78, 5) is 24.0. The van der Waals surface area contributed by atoms with Crippen molar-refractivity contribution in [2.24, 2.45) is 5.73 Å². The van der Waals surface area contributed by atoms with Crippen LogP contribution >= 0.6 is 11.6 Å². The maximum Gasteiger partial charge on any atom is 0.253 e. The van der Waals surface area contributed by atoms with Gasteiger partial charge in [-0.25, -0.2) is 0 Å². The second kappa shape index (κ2) is 8.89. The number of unbranched alkanes of at least 4 members (excludes halogenated alkanes) is 3. The van der Waals surface area contributed by atoms with Gasteiger partial charge in [-0.3, -0.25) is 9.59 Å². The monoisotopic (exact) mass is 337 g/mol. The van der Waals surface area contributed by atoms with Crippen molar-refractivity contribution in [1.29, 1.82) is 0 Å². The first-order chi connectivity index (χ1) is 11.1. The number of benzene rings is 1. The highest BCUT2D eigenvalue weighted by Crippen LogP contribution is 2.24. The van der Waals surface area contributed by atoms with Crippen molar-refractivity contribution in [3.05, 3.63) is 28.8 Å². The average molecular weight is 338 g/mol. The number of carbonyl (C=O) groups excluding carboxylic acids is 2. The van der Waals surface area contributed by atoms with Crippen molar-refractivity contribution >= 4 is 29.1 Å². The van der Waals surface area contributed by atoms with Gasteiger partial charge in [0.15, 0.2) is 0 Å². The van der Waals surface area contributed by atoms with Crippen molar-refractivity contribution in [1.82, 2.24) is 5.32 Å². The van der Waals surface area contributed by atoms with E-state index in [2.05, 4.69) is 10.6 Å². The lowest BCUT2D eigenvalue weighted by molar-refractivity contribution is -0.116. The highest BCUT2D eigenvalue weighted by atomic mass is 35.5. The molecule has 0 heterocycles. The summed E-state index contributed by atoms with van der Waals surface area (Å²) in [6.07, 6.45) is 6.40. The molecule has 6 heteroatoms. The largest absolute Gasteiger partial charge is 0.349 e. The Bertz CT molecular complexity index is 559. The number of nitrogens with one attached hydrogen (secondary N) is 2. The predicted octanol–water partition coefficient (Wildman–Crippen LogP) is 3.08. The van der Waals surface area contributed by atoms with Crippen molar-refractivity contribution in [3.8, 4) is 0 Å². The number of nitrogens with two attached hydrogens (primary N) is 1. The molecule has 2 amide bonds. The third-order valence-electron chi connectivity index (χ3n) is 3.77. The second-order valence-electron chi connectivity index (χ2n) is 5.94. The van der Waals surface area contributed by atoms with Gasteiger partial charge in [0.2, 0.25) is 5.91 Å². The fourth-order valence-corrected chi connectivity index (χ4v) is 2.48. The Morgan fingerprint density at radius 2 is 1.91 bits per heavy atom. The van der Waals surface area contributed by atoms with Crippen molar-refractivity contribution in [3.63, 3.8) is 0 Å². The molecule has 0 spiro atoms. The van der Waals surface area contributed by atoms with E-state index in [1.54, 1.807) is 18.2 Å². The van der Waals surface area contributed by atoms with Crippen LogP contribution in [0, 0.1) is 0 Å². The van der Waals surface area contributed by atoms with Gasteiger partial charge in [-0.15, -0.1) is 0 Å². The van der Waals surface area contributed by atoms with Gasteiger partial charge < -0.3 is 16.4 Å². The van der Waals surface area contributed by atoms with E-state index in [9.17, 15) is 9.59 Å². The van der Waals surface area contributed by atoms with E-state index in [1.165, 1.54) is 0 Å². The van der Waals surface area contributed by atoms with Crippen LogP contribution in [0.5, 0.6) is 0 Å². The minimum absolute atomic E-state index is 0.0476. The number of anilines is 1. The summed E-state index contributed by atoms with van der Waals surface area (Å²) in [6, 6.07) is 5.25. The van der Waals surface area contributed by atoms with Crippen LogP contribution in [0.2, 0.25) is 5.02 Å². The van der Waals surface area contributed by atoms with Crippen LogP contribution in [-0.4, -0.2) is 24.4 Å². The molecule has 1 aliphatic rings. The zero-order valence-electron chi connectivity index (χ0n) is 13.2. The number of hydrogen-bond donors (Lipinski definition) is 3. The summed E-state index contributed by atoms with van der Waals surface area (Å²) in [5.74, 6) is -0.232. The Kier molecular flexibility index (Phi) is 6.86. The minimum Gasteiger partial charge on any atom is -0.349 e. The summed E-state index contributed by atoms with van der Waals surface area (Å²) in [7, 11) is 0. The molecule has 0 aromatic heterocycles. The van der Waals surface area contributed by atoms with Gasteiger partial charge in [-0.05, 0) is 50.4 Å². The smallest absolute Gasteiger partial charge is 0.253 e. The van der Waals surface area contributed by atoms with Gasteiger partial charge in [-0.2, -0.15) is 0 Å². The summed E-state index contributed by atoms with van der Waals surface area (Å²) >= 11 is 6.08. The molecule has 23 heavy (non-hydrogen) atoms. The zero-order valence-corrected chi connectivity index (χ0v) is 14.0. The van der Waals surface area contributed by atoms with Crippen molar-refractivity contribution in [2.45, 2.75) is 51.0 Å². The lowest BCUT2D eigenvalue weighted by Gasteiger charge is -2.09. The number of rotatable bonds is 9. The summed E-state index contributed by atoms with van der Waals surface area (Å²) < 4.78 is 0. The number of hydrogen-bond acceptors (Lipinski definition) is 3. The summed E-state index contributed by atoms with van der Waals surface area (Å²) in [6.45, 7) is 0.697. The molecule has 126 valence electrons. The highest BCUT2D eigenvalue weighted by molar-refractivity contribution is 6.34.